The zero-order valence-electron chi connectivity index (χ0n) is 21.9. The Morgan fingerprint density at radius 3 is 1.32 bits per heavy atom. The van der Waals surface area contributed by atoms with Crippen molar-refractivity contribution in [1.82, 2.24) is 0 Å². The van der Waals surface area contributed by atoms with Gasteiger partial charge in [0, 0.05) is 0 Å². The van der Waals surface area contributed by atoms with Gasteiger partial charge in [-0.2, -0.15) is 22.7 Å². The van der Waals surface area contributed by atoms with Crippen molar-refractivity contribution in [2.45, 2.75) is 65.2 Å². The summed E-state index contributed by atoms with van der Waals surface area (Å²) in [6.45, 7) is 4.44. The van der Waals surface area contributed by atoms with E-state index < -0.39 is 0 Å². The van der Waals surface area contributed by atoms with Crippen LogP contribution in [0.5, 0.6) is 11.5 Å². The summed E-state index contributed by atoms with van der Waals surface area (Å²) in [5, 5.41) is 34.4. The standard InChI is InChI=1S/2C9H13.2C7H5NO.Zr/c2*1-2-3-6-9-7-4-5-8-9;2*8-5-6-3-1-2-4-7(6)9;/h2*4,7H,2-3,5-6H2,1H3;2*1-4,9H;/q2*-1;;;+2. The van der Waals surface area contributed by atoms with Crippen molar-refractivity contribution in [2.75, 3.05) is 0 Å². The monoisotopic (exact) mass is 570 g/mol. The molecule has 0 bridgehead atoms. The van der Waals surface area contributed by atoms with Crippen molar-refractivity contribution in [3.63, 3.8) is 0 Å². The number of aromatic hydroxyl groups is 2. The van der Waals surface area contributed by atoms with E-state index >= 15 is 0 Å². The van der Waals surface area contributed by atoms with Crippen LogP contribution in [0.4, 0.5) is 0 Å². The first-order valence-electron chi connectivity index (χ1n) is 12.4. The molecule has 0 saturated heterocycles. The minimum Gasteiger partial charge on any atom is -0.507 e. The fourth-order valence-corrected chi connectivity index (χ4v) is 3.11. The number of unbranched alkanes of at least 4 members (excludes halogenated alkanes) is 2. The van der Waals surface area contributed by atoms with Crippen LogP contribution >= 0.6 is 0 Å². The molecule has 4 nitrogen and oxygen atoms in total. The van der Waals surface area contributed by atoms with Crippen molar-refractivity contribution >= 4 is 0 Å². The third kappa shape index (κ3) is 15.6. The Morgan fingerprint density at radius 2 is 1.08 bits per heavy atom. The van der Waals surface area contributed by atoms with E-state index in [-0.39, 0.29) is 37.7 Å². The summed E-state index contributed by atoms with van der Waals surface area (Å²) in [6.07, 6.45) is 25.1. The fraction of sp³-hybridized carbons (Fsp3) is 0.312. The van der Waals surface area contributed by atoms with E-state index in [4.69, 9.17) is 20.7 Å². The minimum atomic E-state index is 0. The molecule has 2 aromatic rings. The van der Waals surface area contributed by atoms with Gasteiger partial charge >= 0.3 is 26.2 Å². The Balaban J connectivity index is 0.000000463. The molecular formula is C32H36N2O2Zr. The van der Waals surface area contributed by atoms with Crippen LogP contribution in [0.15, 0.2) is 84.0 Å². The van der Waals surface area contributed by atoms with Crippen LogP contribution in [0.25, 0.3) is 0 Å². The summed E-state index contributed by atoms with van der Waals surface area (Å²) in [5.74, 6) is 0.0833. The summed E-state index contributed by atoms with van der Waals surface area (Å²) in [6, 6.07) is 16.6. The van der Waals surface area contributed by atoms with Gasteiger partial charge in [-0.3, -0.25) is 12.2 Å². The number of hydrogen-bond acceptors (Lipinski definition) is 4. The van der Waals surface area contributed by atoms with Gasteiger partial charge < -0.3 is 10.2 Å². The molecule has 0 heterocycles. The molecule has 0 amide bonds. The molecule has 0 atom stereocenters. The zero-order valence-corrected chi connectivity index (χ0v) is 24.3. The second-order valence-corrected chi connectivity index (χ2v) is 8.08. The molecule has 5 heteroatoms. The smallest absolute Gasteiger partial charge is 0.507 e. The van der Waals surface area contributed by atoms with Gasteiger partial charge in [0.1, 0.15) is 23.6 Å². The maximum Gasteiger partial charge on any atom is 2.00 e. The van der Waals surface area contributed by atoms with Crippen LogP contribution in [-0.4, -0.2) is 10.2 Å². The number of allylic oxidation sites excluding steroid dienone is 8. The van der Waals surface area contributed by atoms with Gasteiger partial charge in [0.25, 0.3) is 0 Å². The molecule has 0 spiro atoms. The summed E-state index contributed by atoms with van der Waals surface area (Å²) < 4.78 is 0. The summed E-state index contributed by atoms with van der Waals surface area (Å²) in [4.78, 5) is 0. The van der Waals surface area contributed by atoms with Crippen LogP contribution in [0.3, 0.4) is 0 Å². The number of hydrogen-bond donors (Lipinski definition) is 2. The van der Waals surface area contributed by atoms with Gasteiger partial charge in [-0.05, 0) is 24.3 Å². The first-order valence-corrected chi connectivity index (χ1v) is 12.4. The second-order valence-electron chi connectivity index (χ2n) is 8.08. The van der Waals surface area contributed by atoms with Crippen molar-refractivity contribution in [3.05, 3.63) is 107 Å². The molecule has 0 radical (unpaired) electrons. The third-order valence-corrected chi connectivity index (χ3v) is 5.18. The van der Waals surface area contributed by atoms with E-state index in [1.54, 1.807) is 36.4 Å². The molecule has 2 N–H and O–H groups in total. The van der Waals surface area contributed by atoms with Crippen molar-refractivity contribution in [1.29, 1.82) is 10.5 Å². The van der Waals surface area contributed by atoms with Crippen LogP contribution in [0, 0.1) is 34.8 Å². The Labute approximate surface area is 242 Å². The van der Waals surface area contributed by atoms with E-state index in [1.807, 2.05) is 12.1 Å². The van der Waals surface area contributed by atoms with E-state index in [1.165, 1.54) is 61.8 Å². The minimum absolute atomic E-state index is 0. The van der Waals surface area contributed by atoms with Gasteiger partial charge in [-0.1, -0.05) is 76.6 Å². The number of para-hydroxylation sites is 2. The van der Waals surface area contributed by atoms with Gasteiger partial charge in [-0.25, -0.2) is 23.3 Å². The molecule has 0 fully saturated rings. The zero-order chi connectivity index (χ0) is 26.4. The van der Waals surface area contributed by atoms with Gasteiger partial charge in [0.2, 0.25) is 0 Å². The van der Waals surface area contributed by atoms with Crippen molar-refractivity contribution < 1.29 is 36.4 Å². The molecule has 0 saturated carbocycles. The number of nitriles is 2. The Bertz CT molecular complexity index is 1030. The van der Waals surface area contributed by atoms with Crippen LogP contribution in [0.1, 0.15) is 76.3 Å². The molecule has 2 aliphatic rings. The molecule has 0 unspecified atom stereocenters. The van der Waals surface area contributed by atoms with Gasteiger partial charge in [0.15, 0.2) is 0 Å². The first kappa shape index (κ1) is 33.9. The SMILES string of the molecule is CCCCC1=[C-]CC=C1.CCCCC1=[C-]CC=C1.N#Cc1ccccc1O.N#Cc1ccccc1O.[Zr+2]. The predicted octanol–water partition coefficient (Wildman–Crippen LogP) is 8.26. The average molecular weight is 572 g/mol. The molecule has 37 heavy (non-hydrogen) atoms. The molecule has 0 aromatic heterocycles. The summed E-state index contributed by atoms with van der Waals surface area (Å²) in [5.41, 5.74) is 3.46. The first-order chi connectivity index (χ1) is 17.5. The second kappa shape index (κ2) is 22.1. The van der Waals surface area contributed by atoms with Crippen LogP contribution < -0.4 is 0 Å². The maximum atomic E-state index is 8.89. The fourth-order valence-electron chi connectivity index (χ4n) is 3.11. The number of benzene rings is 2. The van der Waals surface area contributed by atoms with E-state index in [2.05, 4.69) is 50.3 Å². The molecular weight excluding hydrogens is 536 g/mol. The van der Waals surface area contributed by atoms with Crippen LogP contribution in [-0.2, 0) is 26.2 Å². The number of phenols is 2. The molecule has 190 valence electrons. The molecule has 2 aliphatic carbocycles. The quantitative estimate of drug-likeness (QED) is 0.342. The summed E-state index contributed by atoms with van der Waals surface area (Å²) >= 11 is 0. The van der Waals surface area contributed by atoms with E-state index in [0.29, 0.717) is 11.1 Å². The van der Waals surface area contributed by atoms with Crippen LogP contribution in [0.2, 0.25) is 0 Å². The number of phenolic OH excluding ortho intramolecular Hbond substituents is 2. The average Bonchev–Trinajstić information content (AvgIpc) is 3.63. The molecule has 0 aliphatic heterocycles. The van der Waals surface area contributed by atoms with Gasteiger partial charge in [-0.15, -0.1) is 12.8 Å². The number of rotatable bonds is 6. The Kier molecular flexibility index (Phi) is 20.2. The predicted molar refractivity (Wildman–Crippen MR) is 146 cm³/mol. The summed E-state index contributed by atoms with van der Waals surface area (Å²) in [7, 11) is 0. The largest absolute Gasteiger partial charge is 2.00 e. The topological polar surface area (TPSA) is 88.0 Å². The van der Waals surface area contributed by atoms with Gasteiger partial charge in [0.05, 0.1) is 11.1 Å². The maximum absolute atomic E-state index is 8.89. The van der Waals surface area contributed by atoms with Crippen molar-refractivity contribution in [2.24, 2.45) is 0 Å². The van der Waals surface area contributed by atoms with E-state index in [0.717, 1.165) is 12.8 Å². The van der Waals surface area contributed by atoms with Crippen molar-refractivity contribution in [3.8, 4) is 23.6 Å². The Hall–Kier alpha value is -3.14. The number of nitrogens with zero attached hydrogens (tertiary/aromatic N) is 2. The van der Waals surface area contributed by atoms with E-state index in [9.17, 15) is 0 Å². The molecule has 2 aromatic carbocycles. The molecule has 4 rings (SSSR count). The Morgan fingerprint density at radius 1 is 0.703 bits per heavy atom. The normalized spacial score (nSPS) is 12.0. The third-order valence-electron chi connectivity index (χ3n) is 5.18.